The molecule has 0 saturated carbocycles. The van der Waals surface area contributed by atoms with Crippen molar-refractivity contribution in [1.82, 2.24) is 34.8 Å². The molecule has 0 fully saturated rings. The molecular weight excluding hydrogens is 476 g/mol. The summed E-state index contributed by atoms with van der Waals surface area (Å²) in [6.45, 7) is 0.405. The van der Waals surface area contributed by atoms with Gasteiger partial charge in [-0.1, -0.05) is 30.3 Å². The highest BCUT2D eigenvalue weighted by Gasteiger charge is 2.18. The van der Waals surface area contributed by atoms with Gasteiger partial charge in [-0.15, -0.1) is 0 Å². The first-order chi connectivity index (χ1) is 18.7. The molecule has 0 spiro atoms. The fourth-order valence-electron chi connectivity index (χ4n) is 4.24. The van der Waals surface area contributed by atoms with E-state index >= 15 is 0 Å². The highest BCUT2D eigenvalue weighted by atomic mass is 16.1. The van der Waals surface area contributed by atoms with Crippen LogP contribution in [0.5, 0.6) is 0 Å². The highest BCUT2D eigenvalue weighted by Crippen LogP contribution is 2.31. The topological polar surface area (TPSA) is 124 Å². The second-order valence-corrected chi connectivity index (χ2v) is 8.62. The molecule has 4 aromatic heterocycles. The Labute approximate surface area is 218 Å². The molecule has 2 aromatic carbocycles. The van der Waals surface area contributed by atoms with Gasteiger partial charge < -0.3 is 11.1 Å². The molecule has 38 heavy (non-hydrogen) atoms. The van der Waals surface area contributed by atoms with E-state index in [0.717, 1.165) is 22.4 Å². The standard InChI is InChI=1S/C29H22N8O/c30-26-24(7-4-12-33-26)27-36-25-13-21(22-15-31-18-32-16-22)17-34-28(25)37(27)23-10-8-19(9-11-23)14-35-29(38)20-5-2-1-3-6-20/h1-13,15-18H,14H2,(H2,30,33)(H,35,38). The summed E-state index contributed by atoms with van der Waals surface area (Å²) < 4.78 is 1.96. The molecule has 184 valence electrons. The number of nitrogen functional groups attached to an aromatic ring is 1. The molecule has 6 aromatic rings. The van der Waals surface area contributed by atoms with Gasteiger partial charge in [0.05, 0.1) is 5.56 Å². The average molecular weight is 499 g/mol. The Balaban J connectivity index is 1.37. The van der Waals surface area contributed by atoms with Crippen molar-refractivity contribution in [2.45, 2.75) is 6.54 Å². The predicted molar refractivity (Wildman–Crippen MR) is 145 cm³/mol. The summed E-state index contributed by atoms with van der Waals surface area (Å²) in [6, 6.07) is 22.7. The van der Waals surface area contributed by atoms with Gasteiger partial charge in [0.15, 0.2) is 11.5 Å². The molecule has 3 N–H and O–H groups in total. The number of imidazole rings is 1. The van der Waals surface area contributed by atoms with Gasteiger partial charge in [0.25, 0.3) is 5.91 Å². The molecule has 4 heterocycles. The van der Waals surface area contributed by atoms with E-state index in [0.29, 0.717) is 40.5 Å². The van der Waals surface area contributed by atoms with Crippen molar-refractivity contribution in [3.63, 3.8) is 0 Å². The van der Waals surface area contributed by atoms with Crippen molar-refractivity contribution >= 4 is 22.9 Å². The van der Waals surface area contributed by atoms with Crippen LogP contribution in [-0.2, 0) is 6.54 Å². The minimum absolute atomic E-state index is 0.117. The molecule has 9 nitrogen and oxygen atoms in total. The quantitative estimate of drug-likeness (QED) is 0.348. The number of aromatic nitrogens is 6. The molecule has 6 rings (SSSR count). The number of rotatable bonds is 6. The molecule has 0 aliphatic heterocycles. The number of pyridine rings is 2. The molecule has 9 heteroatoms. The predicted octanol–water partition coefficient (Wildman–Crippen LogP) is 4.45. The van der Waals surface area contributed by atoms with E-state index in [1.165, 1.54) is 6.33 Å². The summed E-state index contributed by atoms with van der Waals surface area (Å²) >= 11 is 0. The fourth-order valence-corrected chi connectivity index (χ4v) is 4.24. The average Bonchev–Trinajstić information content (AvgIpc) is 3.36. The normalized spacial score (nSPS) is 10.9. The third-order valence-electron chi connectivity index (χ3n) is 6.15. The minimum Gasteiger partial charge on any atom is -0.383 e. The van der Waals surface area contributed by atoms with Crippen LogP contribution in [0, 0.1) is 0 Å². The zero-order valence-corrected chi connectivity index (χ0v) is 20.2. The molecule has 0 atom stereocenters. The van der Waals surface area contributed by atoms with Gasteiger partial charge in [-0.25, -0.2) is 24.9 Å². The minimum atomic E-state index is -0.117. The molecular formula is C29H22N8O. The summed E-state index contributed by atoms with van der Waals surface area (Å²) in [5.41, 5.74) is 12.5. The molecule has 0 bridgehead atoms. The molecule has 0 aliphatic carbocycles. The van der Waals surface area contributed by atoms with Crippen LogP contribution in [0.25, 0.3) is 39.4 Å². The zero-order chi connectivity index (χ0) is 25.9. The maximum absolute atomic E-state index is 12.4. The van der Waals surface area contributed by atoms with E-state index < -0.39 is 0 Å². The van der Waals surface area contributed by atoms with E-state index in [1.807, 2.05) is 65.2 Å². The van der Waals surface area contributed by atoms with Crippen LogP contribution >= 0.6 is 0 Å². The van der Waals surface area contributed by atoms with Crippen LogP contribution in [0.3, 0.4) is 0 Å². The number of nitrogens with zero attached hydrogens (tertiary/aromatic N) is 6. The van der Waals surface area contributed by atoms with Gasteiger partial charge in [-0.05, 0) is 48.0 Å². The summed E-state index contributed by atoms with van der Waals surface area (Å²) in [6.07, 6.45) is 8.40. The van der Waals surface area contributed by atoms with Crippen LogP contribution in [0.1, 0.15) is 15.9 Å². The lowest BCUT2D eigenvalue weighted by molar-refractivity contribution is 0.0951. The molecule has 0 unspecified atom stereocenters. The Morgan fingerprint density at radius 2 is 1.66 bits per heavy atom. The lowest BCUT2D eigenvalue weighted by Crippen LogP contribution is -2.22. The Bertz CT molecular complexity index is 1730. The number of anilines is 1. The lowest BCUT2D eigenvalue weighted by Gasteiger charge is -2.11. The smallest absolute Gasteiger partial charge is 0.251 e. The third kappa shape index (κ3) is 4.44. The zero-order valence-electron chi connectivity index (χ0n) is 20.2. The summed E-state index contributed by atoms with van der Waals surface area (Å²) in [5.74, 6) is 0.888. The van der Waals surface area contributed by atoms with Crippen molar-refractivity contribution in [2.24, 2.45) is 0 Å². The van der Waals surface area contributed by atoms with Crippen molar-refractivity contribution in [3.05, 3.63) is 115 Å². The van der Waals surface area contributed by atoms with Gasteiger partial charge in [0.1, 0.15) is 17.7 Å². The van der Waals surface area contributed by atoms with E-state index in [9.17, 15) is 4.79 Å². The summed E-state index contributed by atoms with van der Waals surface area (Å²) in [4.78, 5) is 34.5. The van der Waals surface area contributed by atoms with Gasteiger partial charge >= 0.3 is 0 Å². The van der Waals surface area contributed by atoms with Crippen molar-refractivity contribution in [2.75, 3.05) is 5.73 Å². The Morgan fingerprint density at radius 3 is 2.42 bits per heavy atom. The number of amides is 1. The molecule has 0 radical (unpaired) electrons. The monoisotopic (exact) mass is 498 g/mol. The van der Waals surface area contributed by atoms with Crippen LogP contribution in [0.2, 0.25) is 0 Å². The second-order valence-electron chi connectivity index (χ2n) is 8.62. The number of carbonyl (C=O) groups is 1. The van der Waals surface area contributed by atoms with E-state index in [-0.39, 0.29) is 5.91 Å². The third-order valence-corrected chi connectivity index (χ3v) is 6.15. The fraction of sp³-hybridized carbons (Fsp3) is 0.0345. The number of nitrogens with two attached hydrogens (primary N) is 1. The van der Waals surface area contributed by atoms with Crippen molar-refractivity contribution in [1.29, 1.82) is 0 Å². The number of benzene rings is 2. The largest absolute Gasteiger partial charge is 0.383 e. The summed E-state index contributed by atoms with van der Waals surface area (Å²) in [7, 11) is 0. The molecule has 0 saturated heterocycles. The van der Waals surface area contributed by atoms with Crippen LogP contribution in [0.4, 0.5) is 5.82 Å². The highest BCUT2D eigenvalue weighted by molar-refractivity contribution is 5.94. The number of fused-ring (bicyclic) bond motifs is 1. The van der Waals surface area contributed by atoms with E-state index in [1.54, 1.807) is 36.9 Å². The van der Waals surface area contributed by atoms with Gasteiger partial charge in [-0.3, -0.25) is 9.36 Å². The Morgan fingerprint density at radius 1 is 0.868 bits per heavy atom. The molecule has 0 aliphatic rings. The van der Waals surface area contributed by atoms with Gasteiger partial charge in [0.2, 0.25) is 0 Å². The SMILES string of the molecule is Nc1ncccc1-c1nc2cc(-c3cncnc3)cnc2n1-c1ccc(CNC(=O)c2ccccc2)cc1. The summed E-state index contributed by atoms with van der Waals surface area (Å²) in [5, 5.41) is 2.96. The second kappa shape index (κ2) is 9.90. The number of nitrogens with one attached hydrogen (secondary N) is 1. The van der Waals surface area contributed by atoms with Crippen LogP contribution in [0.15, 0.2) is 104 Å². The van der Waals surface area contributed by atoms with Gasteiger partial charge in [-0.2, -0.15) is 0 Å². The van der Waals surface area contributed by atoms with E-state index in [2.05, 4.69) is 20.3 Å². The maximum atomic E-state index is 12.4. The number of hydrogen-bond acceptors (Lipinski definition) is 7. The van der Waals surface area contributed by atoms with Gasteiger partial charge in [0, 0.05) is 53.7 Å². The first-order valence-electron chi connectivity index (χ1n) is 11.9. The van der Waals surface area contributed by atoms with Crippen molar-refractivity contribution in [3.8, 4) is 28.2 Å². The molecule has 1 amide bonds. The van der Waals surface area contributed by atoms with E-state index in [4.69, 9.17) is 15.7 Å². The van der Waals surface area contributed by atoms with Crippen LogP contribution in [-0.4, -0.2) is 35.4 Å². The first kappa shape index (κ1) is 23.0. The number of hydrogen-bond donors (Lipinski definition) is 2. The lowest BCUT2D eigenvalue weighted by atomic mass is 10.1. The number of carbonyl (C=O) groups excluding carboxylic acids is 1. The van der Waals surface area contributed by atoms with Crippen molar-refractivity contribution < 1.29 is 4.79 Å². The Kier molecular flexibility index (Phi) is 5.99. The van der Waals surface area contributed by atoms with Crippen LogP contribution < -0.4 is 11.1 Å². The Hall–Kier alpha value is -5.44. The first-order valence-corrected chi connectivity index (χ1v) is 11.9. The maximum Gasteiger partial charge on any atom is 0.251 e.